The van der Waals surface area contributed by atoms with Gasteiger partial charge in [0, 0.05) is 12.7 Å². The Balaban J connectivity index is 1.66. The Kier molecular flexibility index (Phi) is 5.01. The van der Waals surface area contributed by atoms with Crippen LogP contribution in [0.5, 0.6) is 0 Å². The van der Waals surface area contributed by atoms with Gasteiger partial charge in [-0.2, -0.15) is 0 Å². The van der Waals surface area contributed by atoms with E-state index < -0.39 is 24.5 Å². The number of amides is 1. The molecule has 3 aromatic rings. The zero-order chi connectivity index (χ0) is 19.7. The molecule has 1 fully saturated rings. The van der Waals surface area contributed by atoms with Gasteiger partial charge >= 0.3 is 0 Å². The largest absolute Gasteiger partial charge is 0.394 e. The number of anilines is 1. The van der Waals surface area contributed by atoms with Gasteiger partial charge in [-0.25, -0.2) is 15.0 Å². The van der Waals surface area contributed by atoms with E-state index in [-0.39, 0.29) is 18.3 Å². The molecule has 1 aromatic carbocycles. The number of imidazole rings is 1. The lowest BCUT2D eigenvalue weighted by Crippen LogP contribution is -2.34. The van der Waals surface area contributed by atoms with E-state index in [1.54, 1.807) is 28.8 Å². The molecule has 1 aliphatic heterocycles. The Morgan fingerprint density at radius 3 is 2.79 bits per heavy atom. The van der Waals surface area contributed by atoms with Gasteiger partial charge in [0.05, 0.1) is 12.9 Å². The maximum atomic E-state index is 12.4. The SMILES string of the molecule is CO[C@@H]1[C@H](O)[C@@H](CO)O[C@H]1n1cnc2c(NC(=O)c3ccccc3)ncnc21. The number of rotatable bonds is 5. The number of hydrogen-bond acceptors (Lipinski definition) is 8. The van der Waals surface area contributed by atoms with Crippen LogP contribution in [0.15, 0.2) is 43.0 Å². The molecule has 10 nitrogen and oxygen atoms in total. The van der Waals surface area contributed by atoms with Crippen molar-refractivity contribution in [2.75, 3.05) is 19.0 Å². The molecule has 3 N–H and O–H groups in total. The molecule has 4 atom stereocenters. The summed E-state index contributed by atoms with van der Waals surface area (Å²) in [7, 11) is 1.45. The Morgan fingerprint density at radius 2 is 2.07 bits per heavy atom. The zero-order valence-corrected chi connectivity index (χ0v) is 15.0. The van der Waals surface area contributed by atoms with E-state index in [1.165, 1.54) is 19.8 Å². The Morgan fingerprint density at radius 1 is 1.29 bits per heavy atom. The fourth-order valence-corrected chi connectivity index (χ4v) is 3.25. The van der Waals surface area contributed by atoms with E-state index in [2.05, 4.69) is 20.3 Å². The molecule has 0 bridgehead atoms. The van der Waals surface area contributed by atoms with E-state index in [0.29, 0.717) is 16.7 Å². The van der Waals surface area contributed by atoms with E-state index >= 15 is 0 Å². The maximum Gasteiger partial charge on any atom is 0.256 e. The molecule has 0 aliphatic carbocycles. The molecule has 1 amide bonds. The minimum Gasteiger partial charge on any atom is -0.394 e. The minimum atomic E-state index is -1.00. The normalized spacial score (nSPS) is 24.5. The predicted molar refractivity (Wildman–Crippen MR) is 97.5 cm³/mol. The second-order valence-electron chi connectivity index (χ2n) is 6.31. The summed E-state index contributed by atoms with van der Waals surface area (Å²) < 4.78 is 12.7. The molecule has 3 heterocycles. The summed E-state index contributed by atoms with van der Waals surface area (Å²) >= 11 is 0. The number of nitrogens with zero attached hydrogens (tertiary/aromatic N) is 4. The van der Waals surface area contributed by atoms with Crippen molar-refractivity contribution < 1.29 is 24.5 Å². The van der Waals surface area contributed by atoms with Crippen LogP contribution in [0, 0.1) is 0 Å². The van der Waals surface area contributed by atoms with Crippen LogP contribution in [0.25, 0.3) is 11.2 Å². The number of methoxy groups -OCH3 is 1. The highest BCUT2D eigenvalue weighted by molar-refractivity contribution is 6.06. The molecule has 0 unspecified atom stereocenters. The summed E-state index contributed by atoms with van der Waals surface area (Å²) in [6.07, 6.45) is -0.469. The van der Waals surface area contributed by atoms with E-state index in [4.69, 9.17) is 9.47 Å². The van der Waals surface area contributed by atoms with E-state index in [0.717, 1.165) is 0 Å². The first kappa shape index (κ1) is 18.4. The standard InChI is InChI=1S/C18H19N5O5/c1-27-14-13(25)11(7-24)28-18(14)23-9-21-12-15(19-8-20-16(12)23)22-17(26)10-5-3-2-4-6-10/h2-6,8-9,11,13-14,18,24-25H,7H2,1H3,(H,19,20,22,26)/t11-,13-,14-,18-/m1/s1. The quantitative estimate of drug-likeness (QED) is 0.573. The molecule has 28 heavy (non-hydrogen) atoms. The highest BCUT2D eigenvalue weighted by Gasteiger charge is 2.45. The number of carbonyl (C=O) groups is 1. The fraction of sp³-hybridized carbons (Fsp3) is 0.333. The topological polar surface area (TPSA) is 132 Å². The lowest BCUT2D eigenvalue weighted by molar-refractivity contribution is -0.0583. The van der Waals surface area contributed by atoms with Crippen molar-refractivity contribution in [1.82, 2.24) is 19.5 Å². The molecule has 0 radical (unpaired) electrons. The second-order valence-corrected chi connectivity index (χ2v) is 6.31. The number of carbonyl (C=O) groups excluding carboxylic acids is 1. The summed E-state index contributed by atoms with van der Waals surface area (Å²) in [5.41, 5.74) is 1.25. The molecular formula is C18H19N5O5. The first-order valence-electron chi connectivity index (χ1n) is 8.65. The predicted octanol–water partition coefficient (Wildman–Crippen LogP) is 0.344. The Bertz CT molecular complexity index is 979. The fourth-order valence-electron chi connectivity index (χ4n) is 3.25. The summed E-state index contributed by atoms with van der Waals surface area (Å²) in [5.74, 6) is -0.0679. The van der Waals surface area contributed by atoms with Crippen LogP contribution >= 0.6 is 0 Å². The average Bonchev–Trinajstić information content (AvgIpc) is 3.29. The molecule has 2 aromatic heterocycles. The molecule has 10 heteroatoms. The highest BCUT2D eigenvalue weighted by Crippen LogP contribution is 2.33. The van der Waals surface area contributed by atoms with Crippen LogP contribution in [0.4, 0.5) is 5.82 Å². The van der Waals surface area contributed by atoms with Gasteiger partial charge in [-0.1, -0.05) is 18.2 Å². The third kappa shape index (κ3) is 3.12. The van der Waals surface area contributed by atoms with Gasteiger partial charge in [0.2, 0.25) is 0 Å². The Labute approximate surface area is 159 Å². The van der Waals surface area contributed by atoms with Gasteiger partial charge in [-0.15, -0.1) is 0 Å². The van der Waals surface area contributed by atoms with E-state index in [9.17, 15) is 15.0 Å². The molecule has 146 valence electrons. The number of aromatic nitrogens is 4. The zero-order valence-electron chi connectivity index (χ0n) is 15.0. The average molecular weight is 385 g/mol. The number of hydrogen-bond donors (Lipinski definition) is 3. The second kappa shape index (κ2) is 7.60. The van der Waals surface area contributed by atoms with Crippen molar-refractivity contribution in [1.29, 1.82) is 0 Å². The first-order valence-corrected chi connectivity index (χ1v) is 8.65. The van der Waals surface area contributed by atoms with Crippen molar-refractivity contribution in [2.24, 2.45) is 0 Å². The number of ether oxygens (including phenoxy) is 2. The van der Waals surface area contributed by atoms with Crippen LogP contribution in [0.1, 0.15) is 16.6 Å². The summed E-state index contributed by atoms with van der Waals surface area (Å²) in [4.78, 5) is 25.1. The lowest BCUT2D eigenvalue weighted by atomic mass is 10.1. The number of aliphatic hydroxyl groups is 2. The summed E-state index contributed by atoms with van der Waals surface area (Å²) in [6, 6.07) is 8.74. The van der Waals surface area contributed by atoms with Crippen molar-refractivity contribution in [2.45, 2.75) is 24.5 Å². The van der Waals surface area contributed by atoms with Crippen molar-refractivity contribution in [3.05, 3.63) is 48.5 Å². The molecule has 1 saturated heterocycles. The molecule has 0 saturated carbocycles. The molecule has 4 rings (SSSR count). The van der Waals surface area contributed by atoms with Crippen LogP contribution in [-0.4, -0.2) is 67.7 Å². The number of fused-ring (bicyclic) bond motifs is 1. The molecular weight excluding hydrogens is 366 g/mol. The minimum absolute atomic E-state index is 0.254. The van der Waals surface area contributed by atoms with Crippen LogP contribution in [0.2, 0.25) is 0 Å². The number of aliphatic hydroxyl groups excluding tert-OH is 2. The number of benzene rings is 1. The van der Waals surface area contributed by atoms with Crippen molar-refractivity contribution in [3.8, 4) is 0 Å². The third-order valence-corrected chi connectivity index (χ3v) is 4.67. The first-order chi connectivity index (χ1) is 13.6. The van der Waals surface area contributed by atoms with Gasteiger partial charge < -0.3 is 25.0 Å². The van der Waals surface area contributed by atoms with Crippen molar-refractivity contribution >= 4 is 22.9 Å². The third-order valence-electron chi connectivity index (χ3n) is 4.67. The molecule has 1 aliphatic rings. The number of nitrogens with one attached hydrogen (secondary N) is 1. The maximum absolute atomic E-state index is 12.4. The summed E-state index contributed by atoms with van der Waals surface area (Å²) in [5, 5.41) is 22.4. The lowest BCUT2D eigenvalue weighted by Gasteiger charge is -2.19. The van der Waals surface area contributed by atoms with Gasteiger partial charge in [-0.05, 0) is 12.1 Å². The summed E-state index contributed by atoms with van der Waals surface area (Å²) in [6.45, 7) is -0.350. The van der Waals surface area contributed by atoms with Gasteiger partial charge in [0.1, 0.15) is 24.6 Å². The van der Waals surface area contributed by atoms with Gasteiger partial charge in [0.25, 0.3) is 5.91 Å². The Hall–Kier alpha value is -2.92. The smallest absolute Gasteiger partial charge is 0.256 e. The van der Waals surface area contributed by atoms with E-state index in [1.807, 2.05) is 6.07 Å². The van der Waals surface area contributed by atoms with Crippen LogP contribution in [-0.2, 0) is 9.47 Å². The monoisotopic (exact) mass is 385 g/mol. The van der Waals surface area contributed by atoms with Gasteiger partial charge in [-0.3, -0.25) is 9.36 Å². The highest BCUT2D eigenvalue weighted by atomic mass is 16.6. The van der Waals surface area contributed by atoms with Gasteiger partial charge in [0.15, 0.2) is 23.2 Å². The van der Waals surface area contributed by atoms with Crippen LogP contribution < -0.4 is 5.32 Å². The van der Waals surface area contributed by atoms with Crippen LogP contribution in [0.3, 0.4) is 0 Å². The van der Waals surface area contributed by atoms with Crippen molar-refractivity contribution in [3.63, 3.8) is 0 Å². The molecule has 0 spiro atoms.